The molecule has 0 saturated carbocycles. The van der Waals surface area contributed by atoms with Crippen molar-refractivity contribution in [2.24, 2.45) is 5.84 Å². The maximum absolute atomic E-state index is 10.4. The zero-order valence-electron chi connectivity index (χ0n) is 6.46. The minimum absolute atomic E-state index is 0.197. The lowest BCUT2D eigenvalue weighted by molar-refractivity contribution is 0.156. The SMILES string of the molecule is C=C/C(=C\C)COC(=O)NN. The average molecular weight is 156 g/mol. The summed E-state index contributed by atoms with van der Waals surface area (Å²) < 4.78 is 4.62. The van der Waals surface area contributed by atoms with E-state index in [1.165, 1.54) is 0 Å². The molecule has 0 aromatic carbocycles. The Labute approximate surface area is 65.7 Å². The number of nitrogens with one attached hydrogen (secondary N) is 1. The Balaban J connectivity index is 3.69. The van der Waals surface area contributed by atoms with Crippen molar-refractivity contribution in [3.8, 4) is 0 Å². The number of allylic oxidation sites excluding steroid dienone is 1. The number of hydrogen-bond donors (Lipinski definition) is 2. The molecular formula is C7H12N2O2. The van der Waals surface area contributed by atoms with E-state index >= 15 is 0 Å². The number of nitrogens with two attached hydrogens (primary N) is 1. The number of carbonyl (C=O) groups is 1. The summed E-state index contributed by atoms with van der Waals surface area (Å²) >= 11 is 0. The second kappa shape index (κ2) is 5.49. The maximum Gasteiger partial charge on any atom is 0.421 e. The number of amides is 1. The van der Waals surface area contributed by atoms with Crippen molar-refractivity contribution < 1.29 is 9.53 Å². The highest BCUT2D eigenvalue weighted by molar-refractivity contribution is 5.66. The van der Waals surface area contributed by atoms with Gasteiger partial charge in [0, 0.05) is 0 Å². The van der Waals surface area contributed by atoms with Gasteiger partial charge in [-0.25, -0.2) is 10.6 Å². The topological polar surface area (TPSA) is 64.3 Å². The van der Waals surface area contributed by atoms with Crippen molar-refractivity contribution in [1.29, 1.82) is 0 Å². The quantitative estimate of drug-likeness (QED) is 0.274. The van der Waals surface area contributed by atoms with Crippen LogP contribution in [0.15, 0.2) is 24.3 Å². The molecule has 0 atom stereocenters. The first-order valence-corrected chi connectivity index (χ1v) is 3.15. The molecule has 0 rings (SSSR count). The van der Waals surface area contributed by atoms with E-state index in [-0.39, 0.29) is 6.61 Å². The predicted molar refractivity (Wildman–Crippen MR) is 42.6 cm³/mol. The van der Waals surface area contributed by atoms with E-state index in [2.05, 4.69) is 11.3 Å². The fourth-order valence-electron chi connectivity index (χ4n) is 0.451. The highest BCUT2D eigenvalue weighted by atomic mass is 16.5. The van der Waals surface area contributed by atoms with Gasteiger partial charge < -0.3 is 4.74 Å². The summed E-state index contributed by atoms with van der Waals surface area (Å²) in [7, 11) is 0. The number of carbonyl (C=O) groups excluding carboxylic acids is 1. The fraction of sp³-hybridized carbons (Fsp3) is 0.286. The standard InChI is InChI=1S/C7H12N2O2/c1-3-6(4-2)5-11-7(10)9-8/h3-4H,1,5,8H2,2H3,(H,9,10)/b6-4+. The van der Waals surface area contributed by atoms with Crippen LogP contribution in [0.1, 0.15) is 6.92 Å². The van der Waals surface area contributed by atoms with Crippen molar-refractivity contribution in [2.45, 2.75) is 6.92 Å². The van der Waals surface area contributed by atoms with Crippen molar-refractivity contribution >= 4 is 6.09 Å². The first-order chi connectivity index (χ1) is 5.24. The highest BCUT2D eigenvalue weighted by Crippen LogP contribution is 1.95. The zero-order valence-corrected chi connectivity index (χ0v) is 6.46. The van der Waals surface area contributed by atoms with Gasteiger partial charge >= 0.3 is 6.09 Å². The van der Waals surface area contributed by atoms with Crippen LogP contribution in [0, 0.1) is 0 Å². The molecule has 4 nitrogen and oxygen atoms in total. The summed E-state index contributed by atoms with van der Waals surface area (Å²) in [5, 5.41) is 0. The third-order valence-electron chi connectivity index (χ3n) is 1.12. The minimum atomic E-state index is -0.647. The van der Waals surface area contributed by atoms with Crippen LogP contribution in [0.2, 0.25) is 0 Å². The molecule has 4 heteroatoms. The predicted octanol–water partition coefficient (Wildman–Crippen LogP) is 0.719. The van der Waals surface area contributed by atoms with Gasteiger partial charge in [0.15, 0.2) is 0 Å². The zero-order chi connectivity index (χ0) is 8.69. The average Bonchev–Trinajstić information content (AvgIpc) is 2.06. The maximum atomic E-state index is 10.4. The van der Waals surface area contributed by atoms with Gasteiger partial charge in [0.1, 0.15) is 6.61 Å². The third-order valence-corrected chi connectivity index (χ3v) is 1.12. The lowest BCUT2D eigenvalue weighted by Crippen LogP contribution is -2.31. The summed E-state index contributed by atoms with van der Waals surface area (Å²) in [6.45, 7) is 5.56. The molecule has 0 heterocycles. The largest absolute Gasteiger partial charge is 0.444 e. The van der Waals surface area contributed by atoms with E-state index in [1.807, 2.05) is 12.3 Å². The van der Waals surface area contributed by atoms with Crippen molar-refractivity contribution in [2.75, 3.05) is 6.61 Å². The van der Waals surface area contributed by atoms with Gasteiger partial charge in [0.05, 0.1) is 0 Å². The van der Waals surface area contributed by atoms with Gasteiger partial charge in [0.2, 0.25) is 0 Å². The van der Waals surface area contributed by atoms with E-state index in [4.69, 9.17) is 5.84 Å². The summed E-state index contributed by atoms with van der Waals surface area (Å²) in [6.07, 6.45) is 2.77. The molecule has 0 aromatic rings. The van der Waals surface area contributed by atoms with E-state index in [1.54, 1.807) is 12.2 Å². The lowest BCUT2D eigenvalue weighted by atomic mass is 10.3. The van der Waals surface area contributed by atoms with E-state index in [0.717, 1.165) is 5.57 Å². The van der Waals surface area contributed by atoms with Crippen molar-refractivity contribution in [3.63, 3.8) is 0 Å². The Morgan fingerprint density at radius 2 is 2.45 bits per heavy atom. The molecule has 1 amide bonds. The molecule has 62 valence electrons. The van der Waals surface area contributed by atoms with Crippen LogP contribution in [0.25, 0.3) is 0 Å². The van der Waals surface area contributed by atoms with Crippen LogP contribution in [0.4, 0.5) is 4.79 Å². The molecule has 0 aliphatic rings. The molecule has 0 aliphatic carbocycles. The van der Waals surface area contributed by atoms with Crippen LogP contribution >= 0.6 is 0 Å². The van der Waals surface area contributed by atoms with Gasteiger partial charge in [-0.15, -0.1) is 0 Å². The van der Waals surface area contributed by atoms with Gasteiger partial charge in [-0.1, -0.05) is 18.7 Å². The number of ether oxygens (including phenoxy) is 1. The number of rotatable bonds is 3. The minimum Gasteiger partial charge on any atom is -0.444 e. The fourth-order valence-corrected chi connectivity index (χ4v) is 0.451. The van der Waals surface area contributed by atoms with Crippen molar-refractivity contribution in [1.82, 2.24) is 5.43 Å². The molecule has 0 aromatic heterocycles. The Bertz CT molecular complexity index is 175. The van der Waals surface area contributed by atoms with Crippen LogP contribution in [-0.4, -0.2) is 12.7 Å². The molecule has 0 unspecified atom stereocenters. The van der Waals surface area contributed by atoms with E-state index in [0.29, 0.717) is 0 Å². The normalized spacial score (nSPS) is 10.5. The second-order valence-electron chi connectivity index (χ2n) is 1.79. The molecule has 0 spiro atoms. The molecule has 0 saturated heterocycles. The Morgan fingerprint density at radius 1 is 1.82 bits per heavy atom. The summed E-state index contributed by atoms with van der Waals surface area (Å²) in [5.74, 6) is 4.77. The molecular weight excluding hydrogens is 144 g/mol. The second-order valence-corrected chi connectivity index (χ2v) is 1.79. The Kier molecular flexibility index (Phi) is 4.85. The van der Waals surface area contributed by atoms with Crippen molar-refractivity contribution in [3.05, 3.63) is 24.3 Å². The Hall–Kier alpha value is -1.29. The smallest absolute Gasteiger partial charge is 0.421 e. The molecule has 11 heavy (non-hydrogen) atoms. The summed E-state index contributed by atoms with van der Waals surface area (Å²) in [4.78, 5) is 10.4. The summed E-state index contributed by atoms with van der Waals surface area (Å²) in [6, 6.07) is 0. The number of hydrogen-bond acceptors (Lipinski definition) is 3. The highest BCUT2D eigenvalue weighted by Gasteiger charge is 1.97. The third kappa shape index (κ3) is 4.16. The molecule has 0 bridgehead atoms. The van der Waals surface area contributed by atoms with Crippen LogP contribution in [-0.2, 0) is 4.74 Å². The molecule has 0 aliphatic heterocycles. The monoisotopic (exact) mass is 156 g/mol. The molecule has 3 N–H and O–H groups in total. The summed E-state index contributed by atoms with van der Waals surface area (Å²) in [5.41, 5.74) is 2.69. The van der Waals surface area contributed by atoms with Gasteiger partial charge in [0.25, 0.3) is 0 Å². The van der Waals surface area contributed by atoms with Gasteiger partial charge in [-0.3, -0.25) is 5.43 Å². The molecule has 0 fully saturated rings. The number of hydrazine groups is 1. The molecule has 0 radical (unpaired) electrons. The van der Waals surface area contributed by atoms with E-state index in [9.17, 15) is 4.79 Å². The van der Waals surface area contributed by atoms with Crippen LogP contribution in [0.3, 0.4) is 0 Å². The Morgan fingerprint density at radius 3 is 2.82 bits per heavy atom. The van der Waals surface area contributed by atoms with Crippen LogP contribution < -0.4 is 11.3 Å². The van der Waals surface area contributed by atoms with Crippen LogP contribution in [0.5, 0.6) is 0 Å². The van der Waals surface area contributed by atoms with E-state index < -0.39 is 6.09 Å². The van der Waals surface area contributed by atoms with Gasteiger partial charge in [-0.2, -0.15) is 0 Å². The first-order valence-electron chi connectivity index (χ1n) is 3.15. The van der Waals surface area contributed by atoms with Gasteiger partial charge in [-0.05, 0) is 12.5 Å². The first kappa shape index (κ1) is 9.71. The lowest BCUT2D eigenvalue weighted by Gasteiger charge is -2.02.